The summed E-state index contributed by atoms with van der Waals surface area (Å²) in [4.78, 5) is 14.7. The van der Waals surface area contributed by atoms with Crippen LogP contribution in [0.4, 0.5) is 5.69 Å². The van der Waals surface area contributed by atoms with Crippen molar-refractivity contribution in [1.82, 2.24) is 15.1 Å². The Kier molecular flexibility index (Phi) is 6.55. The van der Waals surface area contributed by atoms with E-state index in [1.165, 1.54) is 5.56 Å². The third kappa shape index (κ3) is 5.20. The van der Waals surface area contributed by atoms with Gasteiger partial charge in [-0.2, -0.15) is 5.10 Å². The van der Waals surface area contributed by atoms with Gasteiger partial charge in [0.05, 0.1) is 0 Å². The molecular weight excluding hydrogens is 300 g/mol. The quantitative estimate of drug-likeness (QED) is 0.776. The van der Waals surface area contributed by atoms with Crippen LogP contribution in [-0.2, 0) is 13.0 Å². The number of benzene rings is 1. The number of anilines is 1. The largest absolute Gasteiger partial charge is 0.321 e. The van der Waals surface area contributed by atoms with Gasteiger partial charge < -0.3 is 5.32 Å². The molecule has 1 aromatic carbocycles. The summed E-state index contributed by atoms with van der Waals surface area (Å²) in [6, 6.07) is 9.82. The topological polar surface area (TPSA) is 61.0 Å². The Morgan fingerprint density at radius 2 is 2.00 bits per heavy atom. The van der Waals surface area contributed by atoms with E-state index < -0.39 is 0 Å². The van der Waals surface area contributed by atoms with E-state index in [1.54, 1.807) is 0 Å². The fourth-order valence-electron chi connectivity index (χ4n) is 2.67. The maximum atomic E-state index is 12.4. The highest BCUT2D eigenvalue weighted by Crippen LogP contribution is 2.14. The molecule has 2 N–H and O–H groups in total. The smallest absolute Gasteiger partial charge is 0.276 e. The lowest BCUT2D eigenvalue weighted by atomic mass is 10.1. The fraction of sp³-hybridized carbons (Fsp3) is 0.474. The van der Waals surface area contributed by atoms with Crippen LogP contribution in [0.5, 0.6) is 0 Å². The fourth-order valence-corrected chi connectivity index (χ4v) is 2.67. The molecule has 1 amide bonds. The number of hydrogen-bond acceptors (Lipinski definition) is 3. The first kappa shape index (κ1) is 18.2. The number of aromatic amines is 1. The van der Waals surface area contributed by atoms with Gasteiger partial charge in [-0.15, -0.1) is 0 Å². The van der Waals surface area contributed by atoms with Crippen molar-refractivity contribution in [3.63, 3.8) is 0 Å². The van der Waals surface area contributed by atoms with E-state index in [4.69, 9.17) is 0 Å². The molecule has 0 fully saturated rings. The maximum Gasteiger partial charge on any atom is 0.276 e. The van der Waals surface area contributed by atoms with E-state index in [0.29, 0.717) is 11.6 Å². The summed E-state index contributed by atoms with van der Waals surface area (Å²) >= 11 is 0. The Labute approximate surface area is 144 Å². The molecule has 130 valence electrons. The number of nitrogens with zero attached hydrogens (tertiary/aromatic N) is 2. The average molecular weight is 328 g/mol. The maximum absolute atomic E-state index is 12.4. The molecular formula is C19H28N4O. The van der Waals surface area contributed by atoms with Crippen LogP contribution in [-0.4, -0.2) is 34.1 Å². The third-order valence-electron chi connectivity index (χ3n) is 3.98. The van der Waals surface area contributed by atoms with Gasteiger partial charge in [0, 0.05) is 17.9 Å². The molecule has 0 saturated heterocycles. The van der Waals surface area contributed by atoms with Gasteiger partial charge in [-0.1, -0.05) is 39.8 Å². The first-order chi connectivity index (χ1) is 11.5. The van der Waals surface area contributed by atoms with Gasteiger partial charge in [0.15, 0.2) is 5.69 Å². The van der Waals surface area contributed by atoms with E-state index in [2.05, 4.69) is 54.2 Å². The molecule has 0 aliphatic heterocycles. The predicted molar refractivity (Wildman–Crippen MR) is 98.1 cm³/mol. The first-order valence-corrected chi connectivity index (χ1v) is 8.68. The summed E-state index contributed by atoms with van der Waals surface area (Å²) < 4.78 is 0. The van der Waals surface area contributed by atoms with Crippen molar-refractivity contribution in [2.24, 2.45) is 5.92 Å². The molecule has 1 aromatic heterocycles. The molecule has 2 rings (SSSR count). The van der Waals surface area contributed by atoms with Gasteiger partial charge in [0.25, 0.3) is 5.91 Å². The van der Waals surface area contributed by atoms with Gasteiger partial charge in [-0.3, -0.25) is 14.8 Å². The van der Waals surface area contributed by atoms with Crippen LogP contribution in [0, 0.1) is 5.92 Å². The van der Waals surface area contributed by atoms with Gasteiger partial charge in [-0.05, 0) is 49.2 Å². The molecule has 5 heteroatoms. The third-order valence-corrected chi connectivity index (χ3v) is 3.98. The summed E-state index contributed by atoms with van der Waals surface area (Å²) in [5.74, 6) is 0.347. The Morgan fingerprint density at radius 1 is 1.25 bits per heavy atom. The number of carbonyl (C=O) groups is 1. The van der Waals surface area contributed by atoms with Gasteiger partial charge in [-0.25, -0.2) is 0 Å². The SMILES string of the molecule is CCN(CC)Cc1cccc(NC(=O)c2cc(CC(C)C)[nH]n2)c1. The molecule has 0 aliphatic rings. The van der Waals surface area contributed by atoms with Crippen molar-refractivity contribution >= 4 is 11.6 Å². The molecule has 5 nitrogen and oxygen atoms in total. The number of H-pyrrole nitrogens is 1. The van der Waals surface area contributed by atoms with Crippen LogP contribution in [0.1, 0.15) is 49.4 Å². The van der Waals surface area contributed by atoms with E-state index >= 15 is 0 Å². The van der Waals surface area contributed by atoms with Crippen molar-refractivity contribution in [1.29, 1.82) is 0 Å². The zero-order chi connectivity index (χ0) is 17.5. The molecule has 2 aromatic rings. The second-order valence-electron chi connectivity index (χ2n) is 6.49. The molecule has 0 spiro atoms. The highest BCUT2D eigenvalue weighted by Gasteiger charge is 2.12. The molecule has 1 heterocycles. The minimum absolute atomic E-state index is 0.179. The Morgan fingerprint density at radius 3 is 2.67 bits per heavy atom. The van der Waals surface area contributed by atoms with Crippen molar-refractivity contribution in [2.45, 2.75) is 40.7 Å². The highest BCUT2D eigenvalue weighted by atomic mass is 16.1. The lowest BCUT2D eigenvalue weighted by Crippen LogP contribution is -2.22. The minimum Gasteiger partial charge on any atom is -0.321 e. The highest BCUT2D eigenvalue weighted by molar-refractivity contribution is 6.02. The molecule has 0 bridgehead atoms. The number of hydrogen-bond donors (Lipinski definition) is 2. The molecule has 0 saturated carbocycles. The molecule has 0 aliphatic carbocycles. The van der Waals surface area contributed by atoms with Crippen LogP contribution in [0.3, 0.4) is 0 Å². The second kappa shape index (κ2) is 8.64. The van der Waals surface area contributed by atoms with Crippen molar-refractivity contribution in [3.05, 3.63) is 47.3 Å². The van der Waals surface area contributed by atoms with E-state index in [9.17, 15) is 4.79 Å². The number of aromatic nitrogens is 2. The van der Waals surface area contributed by atoms with E-state index in [1.807, 2.05) is 24.3 Å². The normalized spacial score (nSPS) is 11.2. The Balaban J connectivity index is 2.02. The molecule has 0 unspecified atom stereocenters. The Bertz CT molecular complexity index is 659. The zero-order valence-corrected chi connectivity index (χ0v) is 15.1. The zero-order valence-electron chi connectivity index (χ0n) is 15.1. The van der Waals surface area contributed by atoms with Crippen molar-refractivity contribution < 1.29 is 4.79 Å². The number of nitrogens with one attached hydrogen (secondary N) is 2. The monoisotopic (exact) mass is 328 g/mol. The minimum atomic E-state index is -0.179. The van der Waals surface area contributed by atoms with Crippen LogP contribution in [0.15, 0.2) is 30.3 Å². The van der Waals surface area contributed by atoms with Crippen LogP contribution in [0.2, 0.25) is 0 Å². The number of amides is 1. The summed E-state index contributed by atoms with van der Waals surface area (Å²) in [7, 11) is 0. The summed E-state index contributed by atoms with van der Waals surface area (Å²) in [5, 5.41) is 9.99. The van der Waals surface area contributed by atoms with Gasteiger partial charge in [0.1, 0.15) is 0 Å². The van der Waals surface area contributed by atoms with Gasteiger partial charge in [0.2, 0.25) is 0 Å². The molecule has 24 heavy (non-hydrogen) atoms. The Hall–Kier alpha value is -2.14. The van der Waals surface area contributed by atoms with Crippen LogP contribution >= 0.6 is 0 Å². The standard InChI is InChI=1S/C19H28N4O/c1-5-23(6-2)13-15-8-7-9-16(11-15)20-19(24)18-12-17(21-22-18)10-14(3)4/h7-9,11-12,14H,5-6,10,13H2,1-4H3,(H,20,24)(H,21,22). The lowest BCUT2D eigenvalue weighted by Gasteiger charge is -2.18. The average Bonchev–Trinajstić information content (AvgIpc) is 3.00. The molecule has 0 atom stereocenters. The number of rotatable bonds is 8. The summed E-state index contributed by atoms with van der Waals surface area (Å²) in [6.45, 7) is 11.5. The van der Waals surface area contributed by atoms with Crippen LogP contribution < -0.4 is 5.32 Å². The first-order valence-electron chi connectivity index (χ1n) is 8.68. The van der Waals surface area contributed by atoms with E-state index in [0.717, 1.165) is 37.4 Å². The van der Waals surface area contributed by atoms with Gasteiger partial charge >= 0.3 is 0 Å². The van der Waals surface area contributed by atoms with Crippen molar-refractivity contribution in [3.8, 4) is 0 Å². The number of carbonyl (C=O) groups excluding carboxylic acids is 1. The predicted octanol–water partition coefficient (Wildman–Crippen LogP) is 3.70. The molecule has 0 radical (unpaired) electrons. The van der Waals surface area contributed by atoms with Crippen LogP contribution in [0.25, 0.3) is 0 Å². The van der Waals surface area contributed by atoms with E-state index in [-0.39, 0.29) is 5.91 Å². The van der Waals surface area contributed by atoms with Crippen molar-refractivity contribution in [2.75, 3.05) is 18.4 Å². The summed E-state index contributed by atoms with van der Waals surface area (Å²) in [5.41, 5.74) is 3.42. The lowest BCUT2D eigenvalue weighted by molar-refractivity contribution is 0.102. The second-order valence-corrected chi connectivity index (χ2v) is 6.49. The summed E-state index contributed by atoms with van der Waals surface area (Å²) in [6.07, 6.45) is 0.889.